The molecule has 23 heavy (non-hydrogen) atoms. The summed E-state index contributed by atoms with van der Waals surface area (Å²) in [5.74, 6) is 0.411. The van der Waals surface area contributed by atoms with Crippen LogP contribution in [-0.4, -0.2) is 26.5 Å². The molecule has 0 atom stereocenters. The summed E-state index contributed by atoms with van der Waals surface area (Å²) in [4.78, 5) is 6.58. The molecule has 0 unspecified atom stereocenters. The van der Waals surface area contributed by atoms with Crippen LogP contribution in [-0.2, 0) is 16.6 Å². The van der Waals surface area contributed by atoms with E-state index in [9.17, 15) is 12.8 Å². The third-order valence-electron chi connectivity index (χ3n) is 3.83. The van der Waals surface area contributed by atoms with Gasteiger partial charge in [0.15, 0.2) is 0 Å². The highest BCUT2D eigenvalue weighted by atomic mass is 32.2. The van der Waals surface area contributed by atoms with Crippen LogP contribution in [0, 0.1) is 5.82 Å². The first-order valence-corrected chi connectivity index (χ1v) is 8.98. The molecule has 1 aromatic heterocycles. The molecular weight excluding hydrogens is 317 g/mol. The summed E-state index contributed by atoms with van der Waals surface area (Å²) in [5.41, 5.74) is 0.840. The Hall–Kier alpha value is -1.99. The fourth-order valence-corrected chi connectivity index (χ4v) is 3.58. The van der Waals surface area contributed by atoms with Crippen LogP contribution in [0.15, 0.2) is 47.5 Å². The van der Waals surface area contributed by atoms with E-state index in [1.54, 1.807) is 12.3 Å². The second-order valence-corrected chi connectivity index (χ2v) is 7.26. The first-order chi connectivity index (χ1) is 11.0. The number of sulfonamides is 1. The molecule has 1 fully saturated rings. The lowest BCUT2D eigenvalue weighted by Crippen LogP contribution is -2.24. The SMILES string of the molecule is O=S(=O)(NCc1ccnc(N2CCCC2)c1)c1ccc(F)cc1. The Morgan fingerprint density at radius 2 is 1.83 bits per heavy atom. The Balaban J connectivity index is 1.70. The summed E-state index contributed by atoms with van der Waals surface area (Å²) in [7, 11) is -3.66. The van der Waals surface area contributed by atoms with Gasteiger partial charge in [0.25, 0.3) is 0 Å². The topological polar surface area (TPSA) is 62.3 Å². The minimum atomic E-state index is -3.66. The molecular formula is C16H18FN3O2S. The van der Waals surface area contributed by atoms with Crippen LogP contribution in [0.4, 0.5) is 10.2 Å². The first kappa shape index (κ1) is 15.9. The summed E-state index contributed by atoms with van der Waals surface area (Å²) < 4.78 is 39.8. The Bertz CT molecular complexity index is 772. The quantitative estimate of drug-likeness (QED) is 0.911. The molecule has 2 aromatic rings. The number of anilines is 1. The van der Waals surface area contributed by atoms with Crippen molar-refractivity contribution in [3.8, 4) is 0 Å². The molecule has 1 saturated heterocycles. The Kier molecular flexibility index (Phi) is 4.58. The van der Waals surface area contributed by atoms with Crippen molar-refractivity contribution >= 4 is 15.8 Å². The van der Waals surface area contributed by atoms with E-state index in [1.807, 2.05) is 6.07 Å². The summed E-state index contributed by atoms with van der Waals surface area (Å²) in [6.07, 6.45) is 4.00. The van der Waals surface area contributed by atoms with Gasteiger partial charge < -0.3 is 4.90 Å². The van der Waals surface area contributed by atoms with E-state index in [-0.39, 0.29) is 11.4 Å². The monoisotopic (exact) mass is 335 g/mol. The van der Waals surface area contributed by atoms with Gasteiger partial charge in [-0.2, -0.15) is 0 Å². The van der Waals surface area contributed by atoms with Crippen molar-refractivity contribution in [3.63, 3.8) is 0 Å². The molecule has 7 heteroatoms. The van der Waals surface area contributed by atoms with Crippen molar-refractivity contribution in [2.45, 2.75) is 24.3 Å². The lowest BCUT2D eigenvalue weighted by molar-refractivity contribution is 0.580. The summed E-state index contributed by atoms with van der Waals surface area (Å²) in [6, 6.07) is 8.45. The van der Waals surface area contributed by atoms with Crippen LogP contribution in [0.5, 0.6) is 0 Å². The average Bonchev–Trinajstić information content (AvgIpc) is 3.08. The molecule has 0 saturated carbocycles. The van der Waals surface area contributed by atoms with Crippen LogP contribution >= 0.6 is 0 Å². The summed E-state index contributed by atoms with van der Waals surface area (Å²) >= 11 is 0. The van der Waals surface area contributed by atoms with E-state index in [0.717, 1.165) is 49.4 Å². The van der Waals surface area contributed by atoms with Crippen LogP contribution in [0.3, 0.4) is 0 Å². The number of hydrogen-bond donors (Lipinski definition) is 1. The highest BCUT2D eigenvalue weighted by molar-refractivity contribution is 7.89. The molecule has 5 nitrogen and oxygen atoms in total. The number of pyridine rings is 1. The van der Waals surface area contributed by atoms with Crippen molar-refractivity contribution in [2.24, 2.45) is 0 Å². The van der Waals surface area contributed by atoms with Crippen molar-refractivity contribution in [1.29, 1.82) is 0 Å². The van der Waals surface area contributed by atoms with Gasteiger partial charge in [0.1, 0.15) is 11.6 Å². The van der Waals surface area contributed by atoms with Gasteiger partial charge in [0.05, 0.1) is 4.90 Å². The number of halogens is 1. The van der Waals surface area contributed by atoms with Gasteiger partial charge in [-0.1, -0.05) is 0 Å². The number of nitrogens with one attached hydrogen (secondary N) is 1. The molecule has 0 radical (unpaired) electrons. The minimum Gasteiger partial charge on any atom is -0.357 e. The van der Waals surface area contributed by atoms with Gasteiger partial charge >= 0.3 is 0 Å². The zero-order valence-corrected chi connectivity index (χ0v) is 13.4. The van der Waals surface area contributed by atoms with E-state index in [1.165, 1.54) is 12.1 Å². The molecule has 2 heterocycles. The molecule has 1 aliphatic rings. The van der Waals surface area contributed by atoms with Crippen LogP contribution < -0.4 is 9.62 Å². The molecule has 1 N–H and O–H groups in total. The maximum Gasteiger partial charge on any atom is 0.240 e. The third kappa shape index (κ3) is 3.86. The Labute approximate surface area is 135 Å². The molecule has 0 bridgehead atoms. The molecule has 0 amide bonds. The zero-order valence-electron chi connectivity index (χ0n) is 12.6. The fourth-order valence-electron chi connectivity index (χ4n) is 2.57. The normalized spacial score (nSPS) is 15.1. The van der Waals surface area contributed by atoms with E-state index in [4.69, 9.17) is 0 Å². The highest BCUT2D eigenvalue weighted by Crippen LogP contribution is 2.19. The van der Waals surface area contributed by atoms with Gasteiger partial charge in [-0.05, 0) is 54.8 Å². The number of nitrogens with zero attached hydrogens (tertiary/aromatic N) is 2. The predicted molar refractivity (Wildman–Crippen MR) is 86.1 cm³/mol. The molecule has 0 aliphatic carbocycles. The Morgan fingerprint density at radius 3 is 2.52 bits per heavy atom. The van der Waals surface area contributed by atoms with Gasteiger partial charge in [-0.25, -0.2) is 22.5 Å². The van der Waals surface area contributed by atoms with Gasteiger partial charge in [-0.15, -0.1) is 0 Å². The number of aromatic nitrogens is 1. The average molecular weight is 335 g/mol. The lowest BCUT2D eigenvalue weighted by Gasteiger charge is -2.17. The smallest absolute Gasteiger partial charge is 0.240 e. The maximum absolute atomic E-state index is 12.9. The maximum atomic E-state index is 12.9. The van der Waals surface area contributed by atoms with Crippen molar-refractivity contribution in [3.05, 3.63) is 54.0 Å². The lowest BCUT2D eigenvalue weighted by atomic mass is 10.2. The van der Waals surface area contributed by atoms with Gasteiger partial charge in [0, 0.05) is 25.8 Å². The van der Waals surface area contributed by atoms with E-state index >= 15 is 0 Å². The zero-order chi connectivity index (χ0) is 16.3. The summed E-state index contributed by atoms with van der Waals surface area (Å²) in [6.45, 7) is 2.14. The largest absolute Gasteiger partial charge is 0.357 e. The van der Waals surface area contributed by atoms with E-state index in [2.05, 4.69) is 14.6 Å². The van der Waals surface area contributed by atoms with E-state index in [0.29, 0.717) is 0 Å². The molecule has 1 aromatic carbocycles. The van der Waals surface area contributed by atoms with E-state index < -0.39 is 15.8 Å². The van der Waals surface area contributed by atoms with Crippen LogP contribution in [0.25, 0.3) is 0 Å². The fraction of sp³-hybridized carbons (Fsp3) is 0.312. The van der Waals surface area contributed by atoms with Crippen molar-refractivity contribution in [2.75, 3.05) is 18.0 Å². The van der Waals surface area contributed by atoms with Crippen molar-refractivity contribution < 1.29 is 12.8 Å². The third-order valence-corrected chi connectivity index (χ3v) is 5.25. The molecule has 1 aliphatic heterocycles. The molecule has 0 spiro atoms. The number of benzene rings is 1. The minimum absolute atomic E-state index is 0.0488. The van der Waals surface area contributed by atoms with Gasteiger partial charge in [0.2, 0.25) is 10.0 Å². The standard InChI is InChI=1S/C16H18FN3O2S/c17-14-3-5-15(6-4-14)23(21,22)19-12-13-7-8-18-16(11-13)20-9-1-2-10-20/h3-8,11,19H,1-2,9-10,12H2. The summed E-state index contributed by atoms with van der Waals surface area (Å²) in [5, 5.41) is 0. The second-order valence-electron chi connectivity index (χ2n) is 5.49. The highest BCUT2D eigenvalue weighted by Gasteiger charge is 2.16. The first-order valence-electron chi connectivity index (χ1n) is 7.50. The van der Waals surface area contributed by atoms with Crippen LogP contribution in [0.1, 0.15) is 18.4 Å². The predicted octanol–water partition coefficient (Wildman–Crippen LogP) is 2.30. The van der Waals surface area contributed by atoms with Crippen LogP contribution in [0.2, 0.25) is 0 Å². The number of rotatable bonds is 5. The molecule has 122 valence electrons. The Morgan fingerprint density at radius 1 is 1.13 bits per heavy atom. The second kappa shape index (κ2) is 6.64. The van der Waals surface area contributed by atoms with Crippen molar-refractivity contribution in [1.82, 2.24) is 9.71 Å². The van der Waals surface area contributed by atoms with Gasteiger partial charge in [-0.3, -0.25) is 0 Å². The number of hydrogen-bond acceptors (Lipinski definition) is 4. The molecule has 3 rings (SSSR count).